The summed E-state index contributed by atoms with van der Waals surface area (Å²) in [6.07, 6.45) is 1.57. The summed E-state index contributed by atoms with van der Waals surface area (Å²) in [5, 5.41) is 9.64. The maximum absolute atomic E-state index is 14.0. The van der Waals surface area contributed by atoms with E-state index in [0.29, 0.717) is 34.8 Å². The predicted octanol–water partition coefficient (Wildman–Crippen LogP) is 5.73. The van der Waals surface area contributed by atoms with Crippen LogP contribution in [0, 0.1) is 23.0 Å². The number of hydrogen-bond donors (Lipinski definition) is 0. The standard InChI is InChI=1S/C30H24F2N2O4/c1-3-37-28-15-21(10-13-27(28)38-18-22-6-4-5-7-26(22)32)14-24-19(2)25(16-33)30(36)34(29(24)35)17-20-8-11-23(31)12-9-20/h4-15H,3,17-18H2,1-2H3/b24-14+. The van der Waals surface area contributed by atoms with Crippen LogP contribution >= 0.6 is 0 Å². The highest BCUT2D eigenvalue weighted by Gasteiger charge is 2.35. The zero-order valence-electron chi connectivity index (χ0n) is 20.8. The second-order valence-electron chi connectivity index (χ2n) is 8.51. The summed E-state index contributed by atoms with van der Waals surface area (Å²) in [6.45, 7) is 3.58. The van der Waals surface area contributed by atoms with E-state index in [4.69, 9.17) is 9.47 Å². The van der Waals surface area contributed by atoms with Crippen molar-refractivity contribution >= 4 is 17.9 Å². The van der Waals surface area contributed by atoms with Crippen molar-refractivity contribution < 1.29 is 27.8 Å². The van der Waals surface area contributed by atoms with Gasteiger partial charge in [0.2, 0.25) is 0 Å². The molecule has 0 unspecified atom stereocenters. The third-order valence-corrected chi connectivity index (χ3v) is 6.00. The summed E-state index contributed by atoms with van der Waals surface area (Å²) < 4.78 is 38.8. The molecule has 0 N–H and O–H groups in total. The van der Waals surface area contributed by atoms with Gasteiger partial charge in [0.25, 0.3) is 11.8 Å². The number of hydrogen-bond acceptors (Lipinski definition) is 5. The van der Waals surface area contributed by atoms with E-state index in [1.165, 1.54) is 30.3 Å². The quantitative estimate of drug-likeness (QED) is 0.283. The number of halogens is 2. The first-order valence-corrected chi connectivity index (χ1v) is 11.9. The van der Waals surface area contributed by atoms with Gasteiger partial charge < -0.3 is 9.47 Å². The van der Waals surface area contributed by atoms with E-state index < -0.39 is 17.6 Å². The number of nitrogens with zero attached hydrogens (tertiary/aromatic N) is 2. The lowest BCUT2D eigenvalue weighted by Gasteiger charge is -2.27. The largest absolute Gasteiger partial charge is 0.490 e. The number of ether oxygens (including phenoxy) is 2. The summed E-state index contributed by atoms with van der Waals surface area (Å²) in [4.78, 5) is 27.3. The van der Waals surface area contributed by atoms with E-state index in [-0.39, 0.29) is 35.7 Å². The number of carbonyl (C=O) groups excluding carboxylic acids is 2. The van der Waals surface area contributed by atoms with Gasteiger partial charge in [-0.3, -0.25) is 14.5 Å². The lowest BCUT2D eigenvalue weighted by Crippen LogP contribution is -2.42. The Balaban J connectivity index is 1.66. The highest BCUT2D eigenvalue weighted by molar-refractivity contribution is 6.19. The van der Waals surface area contributed by atoms with Crippen LogP contribution in [-0.2, 0) is 22.7 Å². The fourth-order valence-electron chi connectivity index (χ4n) is 3.99. The van der Waals surface area contributed by atoms with Crippen LogP contribution in [0.2, 0.25) is 0 Å². The van der Waals surface area contributed by atoms with Crippen LogP contribution in [0.4, 0.5) is 8.78 Å². The first kappa shape index (κ1) is 26.3. The van der Waals surface area contributed by atoms with E-state index in [9.17, 15) is 23.6 Å². The summed E-state index contributed by atoms with van der Waals surface area (Å²) in [6, 6.07) is 18.6. The van der Waals surface area contributed by atoms with Gasteiger partial charge in [0, 0.05) is 11.1 Å². The monoisotopic (exact) mass is 514 g/mol. The fraction of sp³-hybridized carbons (Fsp3) is 0.167. The molecule has 4 rings (SSSR count). The normalized spacial score (nSPS) is 14.6. The Bertz CT molecular complexity index is 1490. The van der Waals surface area contributed by atoms with Gasteiger partial charge in [-0.15, -0.1) is 0 Å². The van der Waals surface area contributed by atoms with Crippen LogP contribution in [0.5, 0.6) is 11.5 Å². The first-order valence-electron chi connectivity index (χ1n) is 11.9. The van der Waals surface area contributed by atoms with Gasteiger partial charge in [0.1, 0.15) is 29.9 Å². The summed E-state index contributed by atoms with van der Waals surface area (Å²) in [7, 11) is 0. The SMILES string of the molecule is CCOc1cc(/C=C2/C(=O)N(Cc3ccc(F)cc3)C(=O)C(C#N)=C2C)ccc1OCc1ccccc1F. The molecule has 8 heteroatoms. The molecule has 0 aromatic heterocycles. The number of rotatable bonds is 8. The number of imide groups is 1. The molecule has 3 aromatic rings. The van der Waals surface area contributed by atoms with E-state index >= 15 is 0 Å². The third-order valence-electron chi connectivity index (χ3n) is 6.00. The topological polar surface area (TPSA) is 79.6 Å². The lowest BCUT2D eigenvalue weighted by molar-refractivity contribution is -0.141. The van der Waals surface area contributed by atoms with Crippen molar-refractivity contribution in [2.75, 3.05) is 6.61 Å². The summed E-state index contributed by atoms with van der Waals surface area (Å²) in [5.41, 5.74) is 1.79. The molecular weight excluding hydrogens is 490 g/mol. The second kappa shape index (κ2) is 11.5. The molecule has 0 fully saturated rings. The molecule has 1 aliphatic rings. The minimum atomic E-state index is -0.705. The maximum atomic E-state index is 14.0. The minimum absolute atomic E-state index is 0.000494. The molecule has 0 radical (unpaired) electrons. The van der Waals surface area contributed by atoms with Gasteiger partial charge in [-0.1, -0.05) is 36.4 Å². The van der Waals surface area contributed by atoms with Crippen molar-refractivity contribution in [3.8, 4) is 17.6 Å². The van der Waals surface area contributed by atoms with Gasteiger partial charge in [-0.05, 0) is 67.0 Å². The average Bonchev–Trinajstić information content (AvgIpc) is 2.91. The third kappa shape index (κ3) is 5.62. The van der Waals surface area contributed by atoms with Gasteiger partial charge in [-0.2, -0.15) is 5.26 Å². The van der Waals surface area contributed by atoms with Crippen molar-refractivity contribution in [3.63, 3.8) is 0 Å². The number of amides is 2. The van der Waals surface area contributed by atoms with Gasteiger partial charge in [0.15, 0.2) is 11.5 Å². The Morgan fingerprint density at radius 1 is 0.947 bits per heavy atom. The molecule has 0 bridgehead atoms. The number of benzene rings is 3. The second-order valence-corrected chi connectivity index (χ2v) is 8.51. The Kier molecular flexibility index (Phi) is 7.97. The highest BCUT2D eigenvalue weighted by atomic mass is 19.1. The molecule has 6 nitrogen and oxygen atoms in total. The van der Waals surface area contributed by atoms with Crippen molar-refractivity contribution in [3.05, 3.63) is 112 Å². The van der Waals surface area contributed by atoms with E-state index in [1.54, 1.807) is 49.4 Å². The van der Waals surface area contributed by atoms with Gasteiger partial charge in [-0.25, -0.2) is 8.78 Å². The van der Waals surface area contributed by atoms with Crippen LogP contribution in [0.15, 0.2) is 83.4 Å². The molecule has 1 aliphatic heterocycles. The van der Waals surface area contributed by atoms with E-state index in [2.05, 4.69) is 0 Å². The molecular formula is C30H24F2N2O4. The van der Waals surface area contributed by atoms with Crippen molar-refractivity contribution in [1.82, 2.24) is 4.90 Å². The molecule has 1 heterocycles. The Morgan fingerprint density at radius 3 is 2.37 bits per heavy atom. The Labute approximate surface area is 219 Å². The molecule has 0 spiro atoms. The van der Waals surface area contributed by atoms with E-state index in [1.807, 2.05) is 13.0 Å². The zero-order valence-corrected chi connectivity index (χ0v) is 20.8. The highest BCUT2D eigenvalue weighted by Crippen LogP contribution is 2.33. The summed E-state index contributed by atoms with van der Waals surface area (Å²) >= 11 is 0. The first-order chi connectivity index (χ1) is 18.3. The van der Waals surface area contributed by atoms with Crippen molar-refractivity contribution in [2.45, 2.75) is 27.0 Å². The maximum Gasteiger partial charge on any atom is 0.271 e. The van der Waals surface area contributed by atoms with Crippen molar-refractivity contribution in [1.29, 1.82) is 5.26 Å². The molecule has 0 aliphatic carbocycles. The van der Waals surface area contributed by atoms with Gasteiger partial charge in [0.05, 0.1) is 13.2 Å². The molecule has 2 amide bonds. The van der Waals surface area contributed by atoms with Crippen LogP contribution in [-0.4, -0.2) is 23.3 Å². The summed E-state index contributed by atoms with van der Waals surface area (Å²) in [5.74, 6) is -1.31. The fourth-order valence-corrected chi connectivity index (χ4v) is 3.99. The lowest BCUT2D eigenvalue weighted by atomic mass is 9.93. The van der Waals surface area contributed by atoms with Crippen LogP contribution in [0.1, 0.15) is 30.5 Å². The van der Waals surface area contributed by atoms with E-state index in [0.717, 1.165) is 4.90 Å². The van der Waals surface area contributed by atoms with Crippen LogP contribution < -0.4 is 9.47 Å². The Morgan fingerprint density at radius 2 is 1.68 bits per heavy atom. The molecule has 0 saturated carbocycles. The zero-order chi connectivity index (χ0) is 27.2. The molecule has 3 aromatic carbocycles. The van der Waals surface area contributed by atoms with Crippen LogP contribution in [0.25, 0.3) is 6.08 Å². The predicted molar refractivity (Wildman–Crippen MR) is 137 cm³/mol. The van der Waals surface area contributed by atoms with Crippen molar-refractivity contribution in [2.24, 2.45) is 0 Å². The van der Waals surface area contributed by atoms with Crippen LogP contribution in [0.3, 0.4) is 0 Å². The minimum Gasteiger partial charge on any atom is -0.490 e. The average molecular weight is 515 g/mol. The molecule has 192 valence electrons. The molecule has 0 saturated heterocycles. The smallest absolute Gasteiger partial charge is 0.271 e. The molecule has 0 atom stereocenters. The number of carbonyl (C=O) groups is 2. The molecule has 38 heavy (non-hydrogen) atoms. The van der Waals surface area contributed by atoms with Gasteiger partial charge >= 0.3 is 0 Å². The number of nitriles is 1. The Hall–Kier alpha value is -4.77.